The number of aryl methyl sites for hydroxylation is 1. The number of aromatic nitrogens is 3. The van der Waals surface area contributed by atoms with Crippen LogP contribution in [-0.2, 0) is 5.75 Å². The second-order valence-corrected chi connectivity index (χ2v) is 11.4. The summed E-state index contributed by atoms with van der Waals surface area (Å²) in [6.45, 7) is 4.09. The van der Waals surface area contributed by atoms with Crippen molar-refractivity contribution in [2.45, 2.75) is 17.8 Å². The maximum absolute atomic E-state index is 14.3. The zero-order chi connectivity index (χ0) is 30.6. The molecule has 0 N–H and O–H groups in total. The van der Waals surface area contributed by atoms with E-state index in [4.69, 9.17) is 0 Å². The van der Waals surface area contributed by atoms with E-state index in [-0.39, 0.29) is 17.4 Å². The van der Waals surface area contributed by atoms with Crippen LogP contribution in [0.25, 0.3) is 17.1 Å². The fourth-order valence-electron chi connectivity index (χ4n) is 5.31. The van der Waals surface area contributed by atoms with Crippen LogP contribution in [0.2, 0.25) is 0 Å². The third-order valence-corrected chi connectivity index (χ3v) is 8.57. The van der Waals surface area contributed by atoms with Gasteiger partial charge >= 0.3 is 0 Å². The zero-order valence-corrected chi connectivity index (χ0v) is 24.8. The lowest BCUT2D eigenvalue weighted by Crippen LogP contribution is -2.49. The Bertz CT molecular complexity index is 1820. The van der Waals surface area contributed by atoms with Gasteiger partial charge in [-0.2, -0.15) is 0 Å². The van der Waals surface area contributed by atoms with Crippen LogP contribution in [0.5, 0.6) is 0 Å². The molecule has 0 unspecified atom stereocenters. The number of carbonyl (C=O) groups is 1. The molecular formula is C33H29FN6O3S. The summed E-state index contributed by atoms with van der Waals surface area (Å²) in [6, 6.07) is 28.5. The van der Waals surface area contributed by atoms with E-state index in [1.165, 1.54) is 30.0 Å². The third kappa shape index (κ3) is 6.04. The van der Waals surface area contributed by atoms with Gasteiger partial charge in [-0.3, -0.25) is 19.5 Å². The van der Waals surface area contributed by atoms with E-state index in [2.05, 4.69) is 10.2 Å². The maximum atomic E-state index is 14.3. The van der Waals surface area contributed by atoms with Crippen LogP contribution in [0.1, 0.15) is 21.5 Å². The number of piperazine rings is 1. The van der Waals surface area contributed by atoms with E-state index in [1.807, 2.05) is 75.9 Å². The highest BCUT2D eigenvalue weighted by molar-refractivity contribution is 7.98. The van der Waals surface area contributed by atoms with Gasteiger partial charge in [0.05, 0.1) is 10.6 Å². The van der Waals surface area contributed by atoms with Crippen LogP contribution in [0.15, 0.2) is 102 Å². The summed E-state index contributed by atoms with van der Waals surface area (Å²) >= 11 is 1.46. The minimum Gasteiger partial charge on any atom is -0.366 e. The largest absolute Gasteiger partial charge is 0.366 e. The average molecular weight is 609 g/mol. The number of benzene rings is 4. The summed E-state index contributed by atoms with van der Waals surface area (Å²) in [5.74, 6) is 0.720. The van der Waals surface area contributed by atoms with Gasteiger partial charge in [-0.1, -0.05) is 54.2 Å². The number of amides is 1. The minimum absolute atomic E-state index is 0.000105. The Morgan fingerprint density at radius 2 is 1.64 bits per heavy atom. The van der Waals surface area contributed by atoms with Crippen molar-refractivity contribution >= 4 is 29.0 Å². The van der Waals surface area contributed by atoms with E-state index >= 15 is 0 Å². The Balaban J connectivity index is 1.23. The Labute approximate surface area is 258 Å². The van der Waals surface area contributed by atoms with Gasteiger partial charge in [-0.15, -0.1) is 10.2 Å². The summed E-state index contributed by atoms with van der Waals surface area (Å²) in [6.07, 6.45) is 0. The summed E-state index contributed by atoms with van der Waals surface area (Å²) in [7, 11) is 0. The van der Waals surface area contributed by atoms with Crippen LogP contribution in [0, 0.1) is 22.9 Å². The number of hydrogen-bond acceptors (Lipinski definition) is 7. The summed E-state index contributed by atoms with van der Waals surface area (Å²) in [5, 5.41) is 20.8. The molecule has 0 aliphatic carbocycles. The number of carbonyl (C=O) groups excluding carboxylic acids is 1. The highest BCUT2D eigenvalue weighted by atomic mass is 32.2. The molecule has 1 fully saturated rings. The molecule has 222 valence electrons. The number of nitrogens with zero attached hydrogens (tertiary/aromatic N) is 6. The lowest BCUT2D eigenvalue weighted by molar-refractivity contribution is -0.384. The monoisotopic (exact) mass is 608 g/mol. The van der Waals surface area contributed by atoms with Crippen molar-refractivity contribution < 1.29 is 14.1 Å². The van der Waals surface area contributed by atoms with Crippen LogP contribution < -0.4 is 4.90 Å². The van der Waals surface area contributed by atoms with Crippen LogP contribution in [0.4, 0.5) is 15.8 Å². The number of rotatable bonds is 8. The quantitative estimate of drug-likeness (QED) is 0.112. The molecule has 0 saturated carbocycles. The Morgan fingerprint density at radius 3 is 2.36 bits per heavy atom. The maximum Gasteiger partial charge on any atom is 0.269 e. The van der Waals surface area contributed by atoms with Crippen molar-refractivity contribution in [1.29, 1.82) is 0 Å². The second-order valence-electron chi connectivity index (χ2n) is 10.5. The normalized spacial score (nSPS) is 13.2. The van der Waals surface area contributed by atoms with Crippen LogP contribution in [-0.4, -0.2) is 56.7 Å². The molecule has 0 radical (unpaired) electrons. The van der Waals surface area contributed by atoms with Gasteiger partial charge in [0.15, 0.2) is 11.0 Å². The molecule has 11 heteroatoms. The fraction of sp³-hybridized carbons (Fsp3) is 0.182. The standard InChI is InChI=1S/C33H29FN6O3S/c1-23-7-6-9-27(21-23)39-31(24-13-15-26(16-14-24)40(42)43)35-36-33(39)44-22-25-8-2-3-10-28(25)32(41)38-19-17-37(18-20-38)30-12-5-4-11-29(30)34/h2-16,21H,17-20,22H2,1H3. The van der Waals surface area contributed by atoms with Crippen molar-refractivity contribution in [2.75, 3.05) is 31.1 Å². The summed E-state index contributed by atoms with van der Waals surface area (Å²) < 4.78 is 16.2. The molecule has 9 nitrogen and oxygen atoms in total. The Hall–Kier alpha value is -5.03. The first-order valence-electron chi connectivity index (χ1n) is 14.2. The van der Waals surface area contributed by atoms with Gasteiger partial charge in [0, 0.05) is 60.9 Å². The number of thioether (sulfide) groups is 1. The van der Waals surface area contributed by atoms with Crippen molar-refractivity contribution in [3.05, 3.63) is 130 Å². The summed E-state index contributed by atoms with van der Waals surface area (Å²) in [5.41, 5.74) is 4.67. The first-order chi connectivity index (χ1) is 21.4. The van der Waals surface area contributed by atoms with E-state index < -0.39 is 4.92 Å². The van der Waals surface area contributed by atoms with E-state index in [1.54, 1.807) is 24.3 Å². The number of para-hydroxylation sites is 1. The third-order valence-electron chi connectivity index (χ3n) is 7.59. The van der Waals surface area contributed by atoms with Crippen molar-refractivity contribution in [1.82, 2.24) is 19.7 Å². The Morgan fingerprint density at radius 1 is 0.909 bits per heavy atom. The first kappa shape index (κ1) is 29.1. The zero-order valence-electron chi connectivity index (χ0n) is 24.0. The number of nitro groups is 1. The molecule has 1 aromatic heterocycles. The molecule has 2 heterocycles. The summed E-state index contributed by atoms with van der Waals surface area (Å²) in [4.78, 5) is 28.2. The van der Waals surface area contributed by atoms with E-state index in [0.717, 1.165) is 16.8 Å². The topological polar surface area (TPSA) is 97.4 Å². The molecule has 1 amide bonds. The number of halogens is 1. The molecule has 6 rings (SSSR count). The molecule has 44 heavy (non-hydrogen) atoms. The van der Waals surface area contributed by atoms with Gasteiger partial charge in [-0.05, 0) is 60.5 Å². The SMILES string of the molecule is Cc1cccc(-n2c(SCc3ccccc3C(=O)N3CCN(c4ccccc4F)CC3)nnc2-c2ccc([N+](=O)[O-])cc2)c1. The number of hydrogen-bond donors (Lipinski definition) is 0. The lowest BCUT2D eigenvalue weighted by Gasteiger charge is -2.36. The van der Waals surface area contributed by atoms with Crippen molar-refractivity contribution in [3.8, 4) is 17.1 Å². The highest BCUT2D eigenvalue weighted by Gasteiger charge is 2.25. The van der Waals surface area contributed by atoms with Gasteiger partial charge in [0.2, 0.25) is 0 Å². The fourth-order valence-corrected chi connectivity index (χ4v) is 6.26. The highest BCUT2D eigenvalue weighted by Crippen LogP contribution is 2.32. The molecule has 1 aliphatic rings. The molecule has 0 atom stereocenters. The molecule has 1 saturated heterocycles. The van der Waals surface area contributed by atoms with Crippen molar-refractivity contribution in [2.24, 2.45) is 0 Å². The van der Waals surface area contributed by atoms with Gasteiger partial charge in [0.25, 0.3) is 11.6 Å². The van der Waals surface area contributed by atoms with Crippen LogP contribution >= 0.6 is 11.8 Å². The molecule has 0 bridgehead atoms. The first-order valence-corrected chi connectivity index (χ1v) is 15.1. The number of non-ortho nitro benzene ring substituents is 1. The minimum atomic E-state index is -0.432. The average Bonchev–Trinajstić information content (AvgIpc) is 3.48. The molecular weight excluding hydrogens is 579 g/mol. The van der Waals surface area contributed by atoms with Gasteiger partial charge < -0.3 is 9.80 Å². The van der Waals surface area contributed by atoms with E-state index in [9.17, 15) is 19.3 Å². The van der Waals surface area contributed by atoms with Gasteiger partial charge in [-0.25, -0.2) is 4.39 Å². The van der Waals surface area contributed by atoms with Crippen LogP contribution in [0.3, 0.4) is 0 Å². The number of anilines is 1. The smallest absolute Gasteiger partial charge is 0.269 e. The van der Waals surface area contributed by atoms with E-state index in [0.29, 0.717) is 59.7 Å². The van der Waals surface area contributed by atoms with Crippen molar-refractivity contribution in [3.63, 3.8) is 0 Å². The predicted octanol–water partition coefficient (Wildman–Crippen LogP) is 6.54. The van der Waals surface area contributed by atoms with Gasteiger partial charge in [0.1, 0.15) is 5.82 Å². The molecule has 1 aliphatic heterocycles. The molecule has 4 aromatic carbocycles. The molecule has 5 aromatic rings. The molecule has 0 spiro atoms. The Kier molecular flexibility index (Phi) is 8.38. The lowest BCUT2D eigenvalue weighted by atomic mass is 10.1. The second kappa shape index (κ2) is 12.7. The predicted molar refractivity (Wildman–Crippen MR) is 169 cm³/mol. The number of nitro benzene ring substituents is 1.